The molecule has 1 aliphatic carbocycles. The average Bonchev–Trinajstić information content (AvgIpc) is 3.24. The van der Waals surface area contributed by atoms with Crippen LogP contribution < -0.4 is 10.6 Å². The summed E-state index contributed by atoms with van der Waals surface area (Å²) in [6.07, 6.45) is 3.91. The first-order valence-corrected chi connectivity index (χ1v) is 13.6. The van der Waals surface area contributed by atoms with E-state index >= 15 is 0 Å². The molecule has 3 amide bonds. The van der Waals surface area contributed by atoms with Crippen molar-refractivity contribution in [1.82, 2.24) is 15.5 Å². The van der Waals surface area contributed by atoms with Crippen molar-refractivity contribution in [3.05, 3.63) is 0 Å². The van der Waals surface area contributed by atoms with Gasteiger partial charge in [0.15, 0.2) is 0 Å². The van der Waals surface area contributed by atoms with Gasteiger partial charge in [-0.2, -0.15) is 0 Å². The van der Waals surface area contributed by atoms with Gasteiger partial charge in [-0.3, -0.25) is 23.5 Å². The minimum Gasteiger partial charge on any atom is -0.480 e. The largest absolute Gasteiger partial charge is 0.480 e. The molecule has 3 N–H and O–H groups in total. The van der Waals surface area contributed by atoms with E-state index in [0.29, 0.717) is 19.3 Å². The molecule has 194 valence electrons. The second-order valence-corrected chi connectivity index (χ2v) is 11.3. The molecule has 5 atom stereocenters. The second kappa shape index (κ2) is 12.7. The van der Waals surface area contributed by atoms with Crippen LogP contribution in [0.3, 0.4) is 0 Å². The summed E-state index contributed by atoms with van der Waals surface area (Å²) in [7, 11) is -2.83. The average molecular weight is 504 g/mol. The van der Waals surface area contributed by atoms with E-state index in [0.717, 1.165) is 25.7 Å². The topological polar surface area (TPSA) is 151 Å². The molecule has 1 aliphatic heterocycles. The van der Waals surface area contributed by atoms with Crippen molar-refractivity contribution < 1.29 is 37.9 Å². The standard InChI is InChI=1S/C22H38N3O8P/c1-5-6-12-18(24-19(26)14(2)23-20(27)16-9-7-10-16)34(31,32-4)33-15(3)21(28)25-13-8-11-17(25)22(29)30/h14-18H,5-13H2,1-4H3,(H,23,27)(H,24,26)(H,29,30)/t14?,15-,17-,18?,34?/m0/s1. The van der Waals surface area contributed by atoms with Gasteiger partial charge in [-0.15, -0.1) is 0 Å². The molecular formula is C22H38N3O8P. The summed E-state index contributed by atoms with van der Waals surface area (Å²) >= 11 is 0. The Morgan fingerprint density at radius 1 is 1.12 bits per heavy atom. The number of unbranched alkanes of at least 4 members (excludes halogenated alkanes) is 1. The Kier molecular flexibility index (Phi) is 10.5. The van der Waals surface area contributed by atoms with Crippen LogP contribution in [0.2, 0.25) is 0 Å². The Morgan fingerprint density at radius 3 is 2.32 bits per heavy atom. The van der Waals surface area contributed by atoms with Crippen LogP contribution in [0.1, 0.15) is 72.1 Å². The molecule has 34 heavy (non-hydrogen) atoms. The fraction of sp³-hybridized carbons (Fsp3) is 0.818. The van der Waals surface area contributed by atoms with E-state index in [1.54, 1.807) is 6.92 Å². The lowest BCUT2D eigenvalue weighted by Crippen LogP contribution is -2.50. The smallest absolute Gasteiger partial charge is 0.353 e. The molecule has 3 unspecified atom stereocenters. The fourth-order valence-electron chi connectivity index (χ4n) is 4.09. The summed E-state index contributed by atoms with van der Waals surface area (Å²) in [6, 6.07) is -1.79. The number of amides is 3. The number of likely N-dealkylation sites (tertiary alicyclic amines) is 1. The van der Waals surface area contributed by atoms with Crippen molar-refractivity contribution in [3.8, 4) is 0 Å². The highest BCUT2D eigenvalue weighted by Gasteiger charge is 2.43. The van der Waals surface area contributed by atoms with Crippen LogP contribution in [0, 0.1) is 5.92 Å². The van der Waals surface area contributed by atoms with E-state index in [-0.39, 0.29) is 24.8 Å². The zero-order valence-corrected chi connectivity index (χ0v) is 21.3. The Labute approximate surface area is 200 Å². The third-order valence-corrected chi connectivity index (χ3v) is 8.75. The number of carboxylic acids is 1. The van der Waals surface area contributed by atoms with Crippen LogP contribution in [-0.2, 0) is 32.8 Å². The van der Waals surface area contributed by atoms with Gasteiger partial charge in [0.25, 0.3) is 5.91 Å². The monoisotopic (exact) mass is 503 g/mol. The third-order valence-electron chi connectivity index (χ3n) is 6.48. The Hall–Kier alpha value is -1.97. The number of hydrogen-bond donors (Lipinski definition) is 3. The van der Waals surface area contributed by atoms with Gasteiger partial charge in [-0.1, -0.05) is 26.2 Å². The zero-order chi connectivity index (χ0) is 25.5. The predicted molar refractivity (Wildman–Crippen MR) is 124 cm³/mol. The normalized spacial score (nSPS) is 22.7. The van der Waals surface area contributed by atoms with E-state index in [4.69, 9.17) is 9.05 Å². The number of carboxylic acid groups (broad SMARTS) is 1. The van der Waals surface area contributed by atoms with Gasteiger partial charge in [0, 0.05) is 19.6 Å². The van der Waals surface area contributed by atoms with E-state index in [2.05, 4.69) is 10.6 Å². The quantitative estimate of drug-likeness (QED) is 0.324. The van der Waals surface area contributed by atoms with E-state index < -0.39 is 49.4 Å². The van der Waals surface area contributed by atoms with Crippen LogP contribution in [0.4, 0.5) is 0 Å². The number of hydrogen-bond acceptors (Lipinski definition) is 7. The van der Waals surface area contributed by atoms with Crippen LogP contribution in [0.5, 0.6) is 0 Å². The van der Waals surface area contributed by atoms with Crippen molar-refractivity contribution in [2.24, 2.45) is 5.92 Å². The van der Waals surface area contributed by atoms with Crippen molar-refractivity contribution in [3.63, 3.8) is 0 Å². The highest BCUT2D eigenvalue weighted by atomic mass is 31.2. The number of carbonyl (C=O) groups is 4. The molecule has 2 rings (SSSR count). The van der Waals surface area contributed by atoms with Gasteiger partial charge in [-0.05, 0) is 46.0 Å². The number of carbonyl (C=O) groups excluding carboxylic acids is 3. The molecule has 12 heteroatoms. The highest BCUT2D eigenvalue weighted by molar-refractivity contribution is 7.54. The van der Waals surface area contributed by atoms with Crippen LogP contribution >= 0.6 is 7.60 Å². The molecule has 0 bridgehead atoms. The molecule has 1 heterocycles. The summed E-state index contributed by atoms with van der Waals surface area (Å²) in [4.78, 5) is 50.5. The molecule has 0 aromatic rings. The first-order valence-electron chi connectivity index (χ1n) is 12.0. The molecule has 0 aromatic heterocycles. The van der Waals surface area contributed by atoms with Gasteiger partial charge >= 0.3 is 13.6 Å². The fourth-order valence-corrected chi connectivity index (χ4v) is 5.90. The van der Waals surface area contributed by atoms with Crippen molar-refractivity contribution >= 4 is 31.3 Å². The zero-order valence-electron chi connectivity index (χ0n) is 20.5. The molecule has 11 nitrogen and oxygen atoms in total. The first-order chi connectivity index (χ1) is 16.0. The number of rotatable bonds is 13. The lowest BCUT2D eigenvalue weighted by molar-refractivity contribution is -0.151. The van der Waals surface area contributed by atoms with Crippen molar-refractivity contribution in [2.45, 2.75) is 96.1 Å². The Bertz CT molecular complexity index is 803. The van der Waals surface area contributed by atoms with Gasteiger partial charge in [0.1, 0.15) is 24.0 Å². The van der Waals surface area contributed by atoms with Crippen molar-refractivity contribution in [2.75, 3.05) is 13.7 Å². The molecule has 1 saturated heterocycles. The molecule has 1 saturated carbocycles. The van der Waals surface area contributed by atoms with Crippen LogP contribution in [0.25, 0.3) is 0 Å². The number of nitrogens with one attached hydrogen (secondary N) is 2. The van der Waals surface area contributed by atoms with Crippen LogP contribution in [-0.4, -0.2) is 71.3 Å². The Morgan fingerprint density at radius 2 is 1.79 bits per heavy atom. The predicted octanol–water partition coefficient (Wildman–Crippen LogP) is 2.24. The minimum absolute atomic E-state index is 0.0772. The summed E-state index contributed by atoms with van der Waals surface area (Å²) in [5, 5.41) is 14.7. The lowest BCUT2D eigenvalue weighted by Gasteiger charge is -2.31. The molecular weight excluding hydrogens is 465 g/mol. The second-order valence-electron chi connectivity index (χ2n) is 9.02. The third kappa shape index (κ3) is 7.02. The summed E-state index contributed by atoms with van der Waals surface area (Å²) in [6.45, 7) is 5.15. The molecule has 0 aromatic carbocycles. The summed E-state index contributed by atoms with van der Waals surface area (Å²) in [5.74, 6) is -3.51. The highest BCUT2D eigenvalue weighted by Crippen LogP contribution is 2.54. The lowest BCUT2D eigenvalue weighted by atomic mass is 9.84. The molecule has 2 fully saturated rings. The van der Waals surface area contributed by atoms with Gasteiger partial charge in [0.2, 0.25) is 11.8 Å². The number of nitrogens with zero attached hydrogens (tertiary/aromatic N) is 1. The maximum absolute atomic E-state index is 13.6. The molecule has 2 aliphatic rings. The van der Waals surface area contributed by atoms with Crippen molar-refractivity contribution in [1.29, 1.82) is 0 Å². The van der Waals surface area contributed by atoms with Crippen LogP contribution in [0.15, 0.2) is 0 Å². The van der Waals surface area contributed by atoms with Gasteiger partial charge in [0.05, 0.1) is 0 Å². The molecule has 0 radical (unpaired) electrons. The van der Waals surface area contributed by atoms with E-state index in [1.165, 1.54) is 18.9 Å². The summed E-state index contributed by atoms with van der Waals surface area (Å²) < 4.78 is 24.5. The maximum Gasteiger partial charge on any atom is 0.353 e. The van der Waals surface area contributed by atoms with E-state index in [9.17, 15) is 28.8 Å². The number of aliphatic carboxylic acids is 1. The Balaban J connectivity index is 2.08. The minimum atomic E-state index is -4.01. The van der Waals surface area contributed by atoms with E-state index in [1.807, 2.05) is 6.92 Å². The first kappa shape index (κ1) is 28.3. The maximum atomic E-state index is 13.6. The molecule has 0 spiro atoms. The SMILES string of the molecule is CCCCC(NC(=O)C(C)NC(=O)C1CCC1)P(=O)(OC)O[C@@H](C)C(=O)N1CCC[C@H]1C(=O)O. The van der Waals surface area contributed by atoms with Gasteiger partial charge in [-0.25, -0.2) is 4.79 Å². The summed E-state index contributed by atoms with van der Waals surface area (Å²) in [5.41, 5.74) is 0. The van der Waals surface area contributed by atoms with Gasteiger partial charge < -0.3 is 25.2 Å².